The van der Waals surface area contributed by atoms with Gasteiger partial charge in [0, 0.05) is 19.6 Å². The van der Waals surface area contributed by atoms with E-state index in [4.69, 9.17) is 9.84 Å². The van der Waals surface area contributed by atoms with E-state index in [1.165, 1.54) is 4.90 Å². The lowest BCUT2D eigenvalue weighted by molar-refractivity contribution is -0.139. The minimum atomic E-state index is -0.805. The number of carbonyl (C=O) groups is 3. The number of nitrogens with zero attached hydrogens (tertiary/aromatic N) is 2. The van der Waals surface area contributed by atoms with E-state index in [9.17, 15) is 14.4 Å². The van der Waals surface area contributed by atoms with E-state index in [2.05, 4.69) is 4.90 Å². The summed E-state index contributed by atoms with van der Waals surface area (Å²) in [5, 5.41) is 8.94. The molecule has 1 rings (SSSR count). The second kappa shape index (κ2) is 7.96. The highest BCUT2D eigenvalue weighted by Crippen LogP contribution is 2.26. The Balaban J connectivity index is 2.57. The molecule has 1 fully saturated rings. The van der Waals surface area contributed by atoms with Crippen molar-refractivity contribution in [2.75, 3.05) is 26.2 Å². The molecule has 24 heavy (non-hydrogen) atoms. The maximum atomic E-state index is 12.2. The van der Waals surface area contributed by atoms with E-state index >= 15 is 0 Å². The number of amides is 1. The molecular formula is C17H30N2O5. The number of hydrogen-bond acceptors (Lipinski definition) is 5. The summed E-state index contributed by atoms with van der Waals surface area (Å²) in [6.45, 7) is 11.5. The molecule has 0 bridgehead atoms. The molecule has 0 radical (unpaired) electrons. The molecule has 1 amide bonds. The zero-order chi connectivity index (χ0) is 18.5. The van der Waals surface area contributed by atoms with Crippen molar-refractivity contribution in [1.29, 1.82) is 0 Å². The first-order chi connectivity index (χ1) is 10.9. The summed E-state index contributed by atoms with van der Waals surface area (Å²) >= 11 is 0. The minimum Gasteiger partial charge on any atom is -0.481 e. The minimum absolute atomic E-state index is 0.113. The summed E-state index contributed by atoms with van der Waals surface area (Å²) < 4.78 is 5.35. The van der Waals surface area contributed by atoms with E-state index in [0.29, 0.717) is 26.2 Å². The largest absolute Gasteiger partial charge is 0.481 e. The summed E-state index contributed by atoms with van der Waals surface area (Å²) in [6, 6.07) is -0.531. The molecule has 1 aliphatic heterocycles. The van der Waals surface area contributed by atoms with Crippen LogP contribution in [0.25, 0.3) is 0 Å². The van der Waals surface area contributed by atoms with E-state index in [1.807, 2.05) is 13.8 Å². The number of ether oxygens (including phenoxy) is 1. The third-order valence-electron chi connectivity index (χ3n) is 4.02. The highest BCUT2D eigenvalue weighted by Gasteiger charge is 2.33. The summed E-state index contributed by atoms with van der Waals surface area (Å²) in [5.41, 5.74) is -0.896. The summed E-state index contributed by atoms with van der Waals surface area (Å²) in [7, 11) is 0. The maximum absolute atomic E-state index is 12.2. The topological polar surface area (TPSA) is 87.2 Å². The number of aliphatic carboxylic acids is 1. The van der Waals surface area contributed by atoms with Crippen molar-refractivity contribution in [3.63, 3.8) is 0 Å². The Morgan fingerprint density at radius 3 is 2.33 bits per heavy atom. The first-order valence-corrected chi connectivity index (χ1v) is 8.32. The molecule has 0 saturated carbocycles. The third-order valence-corrected chi connectivity index (χ3v) is 4.02. The van der Waals surface area contributed by atoms with Crippen LogP contribution in [0, 0.1) is 5.41 Å². The average Bonchev–Trinajstić information content (AvgIpc) is 2.41. The maximum Gasteiger partial charge on any atom is 0.410 e. The number of aldehydes is 1. The predicted molar refractivity (Wildman–Crippen MR) is 89.9 cm³/mol. The van der Waals surface area contributed by atoms with Gasteiger partial charge in [-0.3, -0.25) is 14.6 Å². The van der Waals surface area contributed by atoms with Crippen LogP contribution in [0.15, 0.2) is 0 Å². The Labute approximate surface area is 143 Å². The van der Waals surface area contributed by atoms with Gasteiger partial charge in [0.05, 0.1) is 6.42 Å². The van der Waals surface area contributed by atoms with E-state index in [0.717, 1.165) is 12.7 Å². The van der Waals surface area contributed by atoms with Gasteiger partial charge in [-0.1, -0.05) is 13.8 Å². The van der Waals surface area contributed by atoms with Crippen LogP contribution in [0.3, 0.4) is 0 Å². The van der Waals surface area contributed by atoms with Gasteiger partial charge in [0.2, 0.25) is 0 Å². The fraction of sp³-hybridized carbons (Fsp3) is 0.824. The monoisotopic (exact) mass is 342 g/mol. The zero-order valence-corrected chi connectivity index (χ0v) is 15.4. The van der Waals surface area contributed by atoms with Crippen molar-refractivity contribution in [2.24, 2.45) is 5.41 Å². The first kappa shape index (κ1) is 20.4. The number of piperazine rings is 1. The van der Waals surface area contributed by atoms with E-state index < -0.39 is 23.7 Å². The lowest BCUT2D eigenvalue weighted by Crippen LogP contribution is -2.57. The first-order valence-electron chi connectivity index (χ1n) is 8.32. The Hall–Kier alpha value is -1.63. The fourth-order valence-electron chi connectivity index (χ4n) is 2.69. The van der Waals surface area contributed by atoms with E-state index in [1.54, 1.807) is 20.8 Å². The number of carboxylic acids is 1. The quantitative estimate of drug-likeness (QED) is 0.743. The van der Waals surface area contributed by atoms with Gasteiger partial charge in [0.25, 0.3) is 0 Å². The highest BCUT2D eigenvalue weighted by molar-refractivity contribution is 5.74. The molecule has 1 aliphatic rings. The average molecular weight is 342 g/mol. The van der Waals surface area contributed by atoms with Gasteiger partial charge in [0.1, 0.15) is 17.9 Å². The second-order valence-corrected chi connectivity index (χ2v) is 8.16. The van der Waals surface area contributed by atoms with Gasteiger partial charge in [-0.05, 0) is 39.2 Å². The van der Waals surface area contributed by atoms with Crippen LogP contribution < -0.4 is 0 Å². The van der Waals surface area contributed by atoms with Crippen LogP contribution in [-0.2, 0) is 14.3 Å². The Morgan fingerprint density at radius 1 is 1.21 bits per heavy atom. The Bertz CT molecular complexity index is 470. The van der Waals surface area contributed by atoms with Gasteiger partial charge in [-0.25, -0.2) is 4.79 Å². The van der Waals surface area contributed by atoms with Gasteiger partial charge in [0.15, 0.2) is 0 Å². The number of hydrogen-bond donors (Lipinski definition) is 1. The Morgan fingerprint density at radius 2 is 1.83 bits per heavy atom. The van der Waals surface area contributed by atoms with Gasteiger partial charge >= 0.3 is 12.1 Å². The van der Waals surface area contributed by atoms with Crippen molar-refractivity contribution in [2.45, 2.75) is 59.1 Å². The molecule has 1 atom stereocenters. The molecule has 1 heterocycles. The molecule has 7 nitrogen and oxygen atoms in total. The normalized spacial score (nSPS) is 19.9. The fourth-order valence-corrected chi connectivity index (χ4v) is 2.69. The van der Waals surface area contributed by atoms with Crippen LogP contribution in [0.5, 0.6) is 0 Å². The number of rotatable bonds is 6. The van der Waals surface area contributed by atoms with Crippen molar-refractivity contribution < 1.29 is 24.2 Å². The predicted octanol–water partition coefficient (Wildman–Crippen LogP) is 2.00. The van der Waals surface area contributed by atoms with Crippen LogP contribution in [0.4, 0.5) is 4.79 Å². The molecule has 1 N–H and O–H groups in total. The van der Waals surface area contributed by atoms with Gasteiger partial charge in [-0.2, -0.15) is 0 Å². The standard InChI is InChI=1S/C17H30N2O5/c1-16(2,3)24-15(23)19-9-8-18(11-13(19)12-20)7-6-17(4,5)10-14(21)22/h12-13H,6-11H2,1-5H3,(H,21,22). The zero-order valence-electron chi connectivity index (χ0n) is 15.4. The van der Waals surface area contributed by atoms with Gasteiger partial charge < -0.3 is 14.6 Å². The van der Waals surface area contributed by atoms with Crippen molar-refractivity contribution in [1.82, 2.24) is 9.80 Å². The van der Waals surface area contributed by atoms with Crippen LogP contribution in [0.1, 0.15) is 47.5 Å². The summed E-state index contributed by atoms with van der Waals surface area (Å²) in [6.07, 6.45) is 1.14. The van der Waals surface area contributed by atoms with Crippen molar-refractivity contribution in [3.8, 4) is 0 Å². The molecule has 7 heteroatoms. The lowest BCUT2D eigenvalue weighted by Gasteiger charge is -2.40. The van der Waals surface area contributed by atoms with Crippen LogP contribution in [0.2, 0.25) is 0 Å². The van der Waals surface area contributed by atoms with Crippen molar-refractivity contribution in [3.05, 3.63) is 0 Å². The van der Waals surface area contributed by atoms with E-state index in [-0.39, 0.29) is 11.8 Å². The number of carbonyl (C=O) groups excluding carboxylic acids is 2. The van der Waals surface area contributed by atoms with Crippen LogP contribution in [-0.4, -0.2) is 71.1 Å². The number of carboxylic acid groups (broad SMARTS) is 1. The molecule has 0 aromatic heterocycles. The lowest BCUT2D eigenvalue weighted by atomic mass is 9.85. The SMILES string of the molecule is CC(C)(CCN1CCN(C(=O)OC(C)(C)C)C(C=O)C1)CC(=O)O. The summed E-state index contributed by atoms with van der Waals surface area (Å²) in [4.78, 5) is 38.0. The molecular weight excluding hydrogens is 312 g/mol. The Kier molecular flexibility index (Phi) is 6.77. The van der Waals surface area contributed by atoms with Crippen LogP contribution >= 0.6 is 0 Å². The molecule has 0 spiro atoms. The van der Waals surface area contributed by atoms with Crippen molar-refractivity contribution >= 4 is 18.3 Å². The second-order valence-electron chi connectivity index (χ2n) is 8.16. The molecule has 0 aromatic rings. The van der Waals surface area contributed by atoms with Gasteiger partial charge in [-0.15, -0.1) is 0 Å². The molecule has 1 unspecified atom stereocenters. The smallest absolute Gasteiger partial charge is 0.410 e. The highest BCUT2D eigenvalue weighted by atomic mass is 16.6. The third kappa shape index (κ3) is 6.86. The summed E-state index contributed by atoms with van der Waals surface area (Å²) in [5.74, 6) is -0.805. The molecule has 0 aliphatic carbocycles. The molecule has 1 saturated heterocycles. The molecule has 0 aromatic carbocycles. The molecule has 138 valence electrons.